The number of likely N-dealkylation sites (tertiary alicyclic amines) is 1. The number of ether oxygens (including phenoxy) is 1. The summed E-state index contributed by atoms with van der Waals surface area (Å²) in [5, 5.41) is 0. The van der Waals surface area contributed by atoms with Gasteiger partial charge in [0.1, 0.15) is 0 Å². The number of piperidine rings is 1. The van der Waals surface area contributed by atoms with Gasteiger partial charge in [0, 0.05) is 12.6 Å². The van der Waals surface area contributed by atoms with E-state index in [2.05, 4.69) is 11.8 Å². The smallest absolute Gasteiger partial charge is 0.0590 e. The lowest BCUT2D eigenvalue weighted by molar-refractivity contribution is -0.0366. The van der Waals surface area contributed by atoms with E-state index in [9.17, 15) is 0 Å². The molecule has 0 aromatic heterocycles. The largest absolute Gasteiger partial charge is 0.378 e. The molecule has 0 aromatic rings. The highest BCUT2D eigenvalue weighted by Gasteiger charge is 2.29. The third kappa shape index (κ3) is 3.67. The lowest BCUT2D eigenvalue weighted by Gasteiger charge is -2.41. The Morgan fingerprint density at radius 1 is 1.24 bits per heavy atom. The van der Waals surface area contributed by atoms with Gasteiger partial charge in [-0.15, -0.1) is 0 Å². The fraction of sp³-hybridized carbons (Fsp3) is 1.00. The van der Waals surface area contributed by atoms with Gasteiger partial charge in [0.15, 0.2) is 0 Å². The standard InChI is InChI=1S/C14H28N2O/c1-2-3-14-10-13(6-9-17-14)16-7-4-12(11-15)5-8-16/h12-14H,2-11,15H2,1H3. The minimum Gasteiger partial charge on any atom is -0.378 e. The predicted octanol–water partition coefficient (Wildman–Crippen LogP) is 2.00. The fourth-order valence-electron chi connectivity index (χ4n) is 3.27. The van der Waals surface area contributed by atoms with Crippen LogP contribution in [0.5, 0.6) is 0 Å². The molecule has 2 saturated heterocycles. The summed E-state index contributed by atoms with van der Waals surface area (Å²) >= 11 is 0. The Morgan fingerprint density at radius 2 is 2.00 bits per heavy atom. The van der Waals surface area contributed by atoms with E-state index in [0.717, 1.165) is 25.1 Å². The van der Waals surface area contributed by atoms with Crippen LogP contribution in [0.2, 0.25) is 0 Å². The molecule has 3 heteroatoms. The van der Waals surface area contributed by atoms with E-state index >= 15 is 0 Å². The van der Waals surface area contributed by atoms with Crippen LogP contribution in [0, 0.1) is 5.92 Å². The molecule has 2 aliphatic rings. The highest BCUT2D eigenvalue weighted by molar-refractivity contribution is 4.83. The molecule has 0 spiro atoms. The predicted molar refractivity (Wildman–Crippen MR) is 71.0 cm³/mol. The Kier molecular flexibility index (Phi) is 5.26. The van der Waals surface area contributed by atoms with Crippen LogP contribution in [0.4, 0.5) is 0 Å². The van der Waals surface area contributed by atoms with Crippen molar-refractivity contribution in [2.24, 2.45) is 11.7 Å². The molecule has 2 aliphatic heterocycles. The van der Waals surface area contributed by atoms with Crippen LogP contribution in [0.3, 0.4) is 0 Å². The van der Waals surface area contributed by atoms with Crippen LogP contribution in [0.1, 0.15) is 45.4 Å². The Hall–Kier alpha value is -0.120. The zero-order valence-electron chi connectivity index (χ0n) is 11.2. The molecule has 2 fully saturated rings. The summed E-state index contributed by atoms with van der Waals surface area (Å²) in [5.41, 5.74) is 5.75. The summed E-state index contributed by atoms with van der Waals surface area (Å²) in [4.78, 5) is 2.69. The molecular formula is C14H28N2O. The van der Waals surface area contributed by atoms with Crippen LogP contribution in [0.15, 0.2) is 0 Å². The van der Waals surface area contributed by atoms with Crippen molar-refractivity contribution in [1.29, 1.82) is 0 Å². The zero-order valence-corrected chi connectivity index (χ0v) is 11.2. The van der Waals surface area contributed by atoms with Crippen molar-refractivity contribution in [2.75, 3.05) is 26.2 Å². The third-order valence-electron chi connectivity index (χ3n) is 4.45. The Balaban J connectivity index is 1.77. The van der Waals surface area contributed by atoms with Gasteiger partial charge >= 0.3 is 0 Å². The number of nitrogens with zero attached hydrogens (tertiary/aromatic N) is 1. The van der Waals surface area contributed by atoms with E-state index in [-0.39, 0.29) is 0 Å². The minimum atomic E-state index is 0.519. The van der Waals surface area contributed by atoms with Crippen molar-refractivity contribution in [3.05, 3.63) is 0 Å². The average Bonchev–Trinajstić information content (AvgIpc) is 2.40. The summed E-state index contributed by atoms with van der Waals surface area (Å²) in [6, 6.07) is 0.777. The SMILES string of the molecule is CCCC1CC(N2CCC(CN)CC2)CCO1. The molecule has 0 radical (unpaired) electrons. The number of hydrogen-bond acceptors (Lipinski definition) is 3. The molecule has 2 unspecified atom stereocenters. The maximum absolute atomic E-state index is 5.84. The van der Waals surface area contributed by atoms with Crippen molar-refractivity contribution >= 4 is 0 Å². The number of nitrogens with two attached hydrogens (primary N) is 1. The van der Waals surface area contributed by atoms with Crippen LogP contribution in [0.25, 0.3) is 0 Å². The molecule has 17 heavy (non-hydrogen) atoms. The first-order chi connectivity index (χ1) is 8.33. The van der Waals surface area contributed by atoms with E-state index in [4.69, 9.17) is 10.5 Å². The second-order valence-electron chi connectivity index (χ2n) is 5.67. The van der Waals surface area contributed by atoms with Crippen LogP contribution in [-0.2, 0) is 4.74 Å². The second kappa shape index (κ2) is 6.72. The van der Waals surface area contributed by atoms with Gasteiger partial charge in [0.2, 0.25) is 0 Å². The van der Waals surface area contributed by atoms with E-state index in [1.807, 2.05) is 0 Å². The normalized spacial score (nSPS) is 32.8. The highest BCUT2D eigenvalue weighted by Crippen LogP contribution is 2.26. The lowest BCUT2D eigenvalue weighted by atomic mass is 9.92. The molecule has 100 valence electrons. The molecule has 2 rings (SSSR count). The van der Waals surface area contributed by atoms with E-state index < -0.39 is 0 Å². The zero-order chi connectivity index (χ0) is 12.1. The first-order valence-electron chi connectivity index (χ1n) is 7.39. The summed E-state index contributed by atoms with van der Waals surface area (Å²) < 4.78 is 5.84. The van der Waals surface area contributed by atoms with Gasteiger partial charge in [-0.05, 0) is 57.7 Å². The van der Waals surface area contributed by atoms with Crippen molar-refractivity contribution < 1.29 is 4.74 Å². The van der Waals surface area contributed by atoms with Crippen molar-refractivity contribution in [1.82, 2.24) is 4.90 Å². The van der Waals surface area contributed by atoms with Crippen LogP contribution >= 0.6 is 0 Å². The Morgan fingerprint density at radius 3 is 2.65 bits per heavy atom. The first-order valence-corrected chi connectivity index (χ1v) is 7.39. The van der Waals surface area contributed by atoms with Crippen molar-refractivity contribution in [2.45, 2.75) is 57.6 Å². The molecule has 0 aromatic carbocycles. The van der Waals surface area contributed by atoms with E-state index in [0.29, 0.717) is 6.10 Å². The van der Waals surface area contributed by atoms with Crippen molar-refractivity contribution in [3.8, 4) is 0 Å². The fourth-order valence-corrected chi connectivity index (χ4v) is 3.27. The Bertz CT molecular complexity index is 212. The summed E-state index contributed by atoms with van der Waals surface area (Å²) in [6.45, 7) is 6.60. The lowest BCUT2D eigenvalue weighted by Crippen LogP contribution is -2.46. The van der Waals surface area contributed by atoms with Gasteiger partial charge in [-0.3, -0.25) is 0 Å². The van der Waals surface area contributed by atoms with Crippen LogP contribution in [-0.4, -0.2) is 43.3 Å². The topological polar surface area (TPSA) is 38.5 Å². The molecular weight excluding hydrogens is 212 g/mol. The molecule has 3 nitrogen and oxygen atoms in total. The monoisotopic (exact) mass is 240 g/mol. The van der Waals surface area contributed by atoms with Gasteiger partial charge in [0.05, 0.1) is 6.10 Å². The maximum Gasteiger partial charge on any atom is 0.0590 e. The van der Waals surface area contributed by atoms with Gasteiger partial charge in [-0.25, -0.2) is 0 Å². The molecule has 2 heterocycles. The van der Waals surface area contributed by atoms with E-state index in [1.165, 1.54) is 51.6 Å². The third-order valence-corrected chi connectivity index (χ3v) is 4.45. The van der Waals surface area contributed by atoms with Gasteiger partial charge in [-0.2, -0.15) is 0 Å². The number of rotatable bonds is 4. The maximum atomic E-state index is 5.84. The Labute approximate surface area is 106 Å². The second-order valence-corrected chi connectivity index (χ2v) is 5.67. The summed E-state index contributed by atoms with van der Waals surface area (Å²) in [7, 11) is 0. The molecule has 0 saturated carbocycles. The molecule has 2 atom stereocenters. The minimum absolute atomic E-state index is 0.519. The average molecular weight is 240 g/mol. The highest BCUT2D eigenvalue weighted by atomic mass is 16.5. The molecule has 0 amide bonds. The van der Waals surface area contributed by atoms with Crippen LogP contribution < -0.4 is 5.73 Å². The summed E-state index contributed by atoms with van der Waals surface area (Å²) in [6.07, 6.45) is 8.07. The van der Waals surface area contributed by atoms with Gasteiger partial charge in [0.25, 0.3) is 0 Å². The molecule has 0 bridgehead atoms. The molecule has 0 aliphatic carbocycles. The van der Waals surface area contributed by atoms with Gasteiger partial charge < -0.3 is 15.4 Å². The first kappa shape index (κ1) is 13.3. The van der Waals surface area contributed by atoms with Crippen molar-refractivity contribution in [3.63, 3.8) is 0 Å². The summed E-state index contributed by atoms with van der Waals surface area (Å²) in [5.74, 6) is 0.775. The number of hydrogen-bond donors (Lipinski definition) is 1. The van der Waals surface area contributed by atoms with Gasteiger partial charge in [-0.1, -0.05) is 13.3 Å². The van der Waals surface area contributed by atoms with E-state index in [1.54, 1.807) is 0 Å². The molecule has 2 N–H and O–H groups in total. The quantitative estimate of drug-likeness (QED) is 0.817.